The number of anilines is 2. The Bertz CT molecular complexity index is 752. The van der Waals surface area contributed by atoms with Gasteiger partial charge in [0.2, 0.25) is 0 Å². The molecule has 0 amide bonds. The fraction of sp³-hybridized carbons (Fsp3) is 0.0714. The molecule has 0 bridgehead atoms. The van der Waals surface area contributed by atoms with Crippen molar-refractivity contribution in [1.82, 2.24) is 4.98 Å². The second-order valence-electron chi connectivity index (χ2n) is 4.22. The molecule has 0 atom stereocenters. The zero-order chi connectivity index (χ0) is 13.4. The minimum atomic E-state index is -0.288. The Hall–Kier alpha value is -2.01. The Morgan fingerprint density at radius 1 is 1.11 bits per heavy atom. The summed E-state index contributed by atoms with van der Waals surface area (Å²) < 4.78 is 27.3. The number of thiazole rings is 1. The lowest BCUT2D eigenvalue weighted by atomic mass is 10.2. The van der Waals surface area contributed by atoms with Crippen LogP contribution in [0.1, 0.15) is 5.56 Å². The molecule has 2 nitrogen and oxygen atoms in total. The molecule has 0 saturated carbocycles. The molecule has 19 heavy (non-hydrogen) atoms. The molecule has 3 rings (SSSR count). The van der Waals surface area contributed by atoms with Gasteiger partial charge in [-0.25, -0.2) is 13.8 Å². The van der Waals surface area contributed by atoms with Crippen LogP contribution < -0.4 is 5.32 Å². The van der Waals surface area contributed by atoms with Gasteiger partial charge in [-0.1, -0.05) is 17.4 Å². The molecule has 5 heteroatoms. The van der Waals surface area contributed by atoms with Gasteiger partial charge in [0.1, 0.15) is 11.6 Å². The van der Waals surface area contributed by atoms with Crippen LogP contribution in [0, 0.1) is 18.6 Å². The largest absolute Gasteiger partial charge is 0.331 e. The van der Waals surface area contributed by atoms with Crippen molar-refractivity contribution in [3.63, 3.8) is 0 Å². The maximum absolute atomic E-state index is 13.4. The van der Waals surface area contributed by atoms with Crippen molar-refractivity contribution in [1.29, 1.82) is 0 Å². The van der Waals surface area contributed by atoms with Crippen LogP contribution in [0.2, 0.25) is 0 Å². The zero-order valence-corrected chi connectivity index (χ0v) is 10.9. The summed E-state index contributed by atoms with van der Waals surface area (Å²) in [5.41, 5.74) is 1.95. The van der Waals surface area contributed by atoms with Crippen molar-refractivity contribution in [3.05, 3.63) is 53.6 Å². The fourth-order valence-electron chi connectivity index (χ4n) is 1.75. The molecule has 3 aromatic rings. The number of aromatic nitrogens is 1. The molecule has 0 unspecified atom stereocenters. The fourth-order valence-corrected chi connectivity index (χ4v) is 2.66. The van der Waals surface area contributed by atoms with Gasteiger partial charge in [0, 0.05) is 5.69 Å². The quantitative estimate of drug-likeness (QED) is 0.738. The van der Waals surface area contributed by atoms with Gasteiger partial charge in [0.15, 0.2) is 5.13 Å². The summed E-state index contributed by atoms with van der Waals surface area (Å²) in [5, 5.41) is 3.64. The van der Waals surface area contributed by atoms with Crippen LogP contribution >= 0.6 is 11.3 Å². The Morgan fingerprint density at radius 2 is 1.95 bits per heavy atom. The number of benzene rings is 2. The van der Waals surface area contributed by atoms with Crippen LogP contribution in [0.4, 0.5) is 19.6 Å². The molecular formula is C14H10F2N2S. The lowest BCUT2D eigenvalue weighted by molar-refractivity contribution is 0.619. The van der Waals surface area contributed by atoms with Gasteiger partial charge in [-0.3, -0.25) is 0 Å². The third kappa shape index (κ3) is 2.42. The predicted molar refractivity (Wildman–Crippen MR) is 74.0 cm³/mol. The van der Waals surface area contributed by atoms with Crippen LogP contribution in [0.25, 0.3) is 10.2 Å². The van der Waals surface area contributed by atoms with Gasteiger partial charge in [0.05, 0.1) is 10.2 Å². The van der Waals surface area contributed by atoms with E-state index < -0.39 is 0 Å². The molecule has 0 saturated heterocycles. The van der Waals surface area contributed by atoms with E-state index in [1.807, 2.05) is 0 Å². The third-order valence-electron chi connectivity index (χ3n) is 2.77. The highest BCUT2D eigenvalue weighted by atomic mass is 32.1. The molecule has 0 aliphatic heterocycles. The van der Waals surface area contributed by atoms with Crippen molar-refractivity contribution < 1.29 is 8.78 Å². The maximum Gasteiger partial charge on any atom is 0.188 e. The number of hydrogen-bond donors (Lipinski definition) is 1. The van der Waals surface area contributed by atoms with E-state index in [1.54, 1.807) is 25.1 Å². The molecular weight excluding hydrogens is 266 g/mol. The van der Waals surface area contributed by atoms with E-state index in [0.717, 1.165) is 10.2 Å². The lowest BCUT2D eigenvalue weighted by Gasteiger charge is -2.03. The zero-order valence-electron chi connectivity index (χ0n) is 10.1. The van der Waals surface area contributed by atoms with Crippen molar-refractivity contribution in [2.45, 2.75) is 6.92 Å². The van der Waals surface area contributed by atoms with E-state index in [9.17, 15) is 8.78 Å². The average Bonchev–Trinajstić information content (AvgIpc) is 2.75. The molecule has 0 radical (unpaired) electrons. The minimum Gasteiger partial charge on any atom is -0.331 e. The van der Waals surface area contributed by atoms with Gasteiger partial charge in [-0.2, -0.15) is 0 Å². The summed E-state index contributed by atoms with van der Waals surface area (Å²) in [6, 6.07) is 9.34. The molecule has 1 N–H and O–H groups in total. The Kier molecular flexibility index (Phi) is 2.91. The lowest BCUT2D eigenvalue weighted by Crippen LogP contribution is -1.91. The van der Waals surface area contributed by atoms with Gasteiger partial charge in [-0.05, 0) is 42.8 Å². The second-order valence-corrected chi connectivity index (χ2v) is 5.25. The molecule has 0 spiro atoms. The molecule has 96 valence electrons. The highest BCUT2D eigenvalue weighted by molar-refractivity contribution is 7.22. The predicted octanol–water partition coefficient (Wildman–Crippen LogP) is 4.63. The number of halogens is 2. The summed E-state index contributed by atoms with van der Waals surface area (Å²) in [6.07, 6.45) is 0. The average molecular weight is 276 g/mol. The molecule has 0 fully saturated rings. The molecule has 0 aliphatic rings. The van der Waals surface area contributed by atoms with E-state index in [1.165, 1.54) is 29.5 Å². The van der Waals surface area contributed by atoms with Crippen molar-refractivity contribution in [3.8, 4) is 0 Å². The van der Waals surface area contributed by atoms with Gasteiger partial charge in [-0.15, -0.1) is 0 Å². The molecule has 2 aromatic carbocycles. The third-order valence-corrected chi connectivity index (χ3v) is 3.71. The normalized spacial score (nSPS) is 10.9. The number of rotatable bonds is 2. The first-order valence-electron chi connectivity index (χ1n) is 5.71. The Morgan fingerprint density at radius 3 is 2.74 bits per heavy atom. The number of hydrogen-bond acceptors (Lipinski definition) is 3. The molecule has 0 aliphatic carbocycles. The van der Waals surface area contributed by atoms with Crippen molar-refractivity contribution >= 4 is 32.4 Å². The first-order chi connectivity index (χ1) is 9.11. The van der Waals surface area contributed by atoms with Crippen LogP contribution in [0.3, 0.4) is 0 Å². The monoisotopic (exact) mass is 276 g/mol. The van der Waals surface area contributed by atoms with E-state index in [0.29, 0.717) is 16.4 Å². The van der Waals surface area contributed by atoms with Crippen molar-refractivity contribution in [2.75, 3.05) is 5.32 Å². The van der Waals surface area contributed by atoms with Gasteiger partial charge in [0.25, 0.3) is 0 Å². The highest BCUT2D eigenvalue weighted by Crippen LogP contribution is 2.29. The topological polar surface area (TPSA) is 24.9 Å². The van der Waals surface area contributed by atoms with Crippen LogP contribution in [0.15, 0.2) is 36.4 Å². The summed E-state index contributed by atoms with van der Waals surface area (Å²) in [5.74, 6) is -0.554. The highest BCUT2D eigenvalue weighted by Gasteiger charge is 2.06. The van der Waals surface area contributed by atoms with E-state index in [2.05, 4.69) is 10.3 Å². The number of aryl methyl sites for hydroxylation is 1. The first kappa shape index (κ1) is 12.0. The SMILES string of the molecule is Cc1ccc(Nc2nc3ccc(F)cc3s2)cc1F. The number of nitrogens with one attached hydrogen (secondary N) is 1. The summed E-state index contributed by atoms with van der Waals surface area (Å²) in [4.78, 5) is 4.32. The Labute approximate surface area is 112 Å². The first-order valence-corrected chi connectivity index (χ1v) is 6.53. The minimum absolute atomic E-state index is 0.267. The van der Waals surface area contributed by atoms with Crippen LogP contribution in [-0.4, -0.2) is 4.98 Å². The molecule has 1 aromatic heterocycles. The number of fused-ring (bicyclic) bond motifs is 1. The molecule has 1 heterocycles. The standard InChI is InChI=1S/C14H10F2N2S/c1-8-2-4-10(7-11(8)16)17-14-18-12-5-3-9(15)6-13(12)19-14/h2-7H,1H3,(H,17,18). The Balaban J connectivity index is 1.94. The second kappa shape index (κ2) is 4.59. The van der Waals surface area contributed by atoms with Crippen molar-refractivity contribution in [2.24, 2.45) is 0 Å². The summed E-state index contributed by atoms with van der Waals surface area (Å²) in [7, 11) is 0. The maximum atomic E-state index is 13.4. The smallest absolute Gasteiger partial charge is 0.188 e. The van der Waals surface area contributed by atoms with Gasteiger partial charge < -0.3 is 5.32 Å². The van der Waals surface area contributed by atoms with E-state index in [-0.39, 0.29) is 11.6 Å². The van der Waals surface area contributed by atoms with Crippen LogP contribution in [-0.2, 0) is 0 Å². The van der Waals surface area contributed by atoms with Gasteiger partial charge >= 0.3 is 0 Å². The summed E-state index contributed by atoms with van der Waals surface area (Å²) >= 11 is 1.33. The van der Waals surface area contributed by atoms with E-state index in [4.69, 9.17) is 0 Å². The van der Waals surface area contributed by atoms with E-state index >= 15 is 0 Å². The van der Waals surface area contributed by atoms with Crippen LogP contribution in [0.5, 0.6) is 0 Å². The number of nitrogens with zero attached hydrogens (tertiary/aromatic N) is 1. The summed E-state index contributed by atoms with van der Waals surface area (Å²) in [6.45, 7) is 1.71.